The summed E-state index contributed by atoms with van der Waals surface area (Å²) in [6.45, 7) is 4.22. The number of benzene rings is 1. The summed E-state index contributed by atoms with van der Waals surface area (Å²) >= 11 is 0. The number of ether oxygens (including phenoxy) is 2. The van der Waals surface area contributed by atoms with Gasteiger partial charge in [0.15, 0.2) is 11.5 Å². The lowest BCUT2D eigenvalue weighted by Gasteiger charge is -2.39. The number of hydrogen-bond donors (Lipinski definition) is 2. The number of β-amino-alcohol motifs (C(OH)–C–C–N with tert-alkyl or cyclic N) is 1. The molecular formula is C23H35N5O3. The second-order valence-corrected chi connectivity index (χ2v) is 8.41. The van der Waals surface area contributed by atoms with Gasteiger partial charge >= 0.3 is 0 Å². The van der Waals surface area contributed by atoms with Crippen molar-refractivity contribution < 1.29 is 14.6 Å². The minimum atomic E-state index is -0.796. The van der Waals surface area contributed by atoms with Crippen LogP contribution in [0.1, 0.15) is 24.8 Å². The zero-order valence-electron chi connectivity index (χ0n) is 18.9. The SMILES string of the molecule is COc1cc(CNC[C@@]2(O)CCCN(c3cnccn3)C2)ccc1OCCCN(C)C. The molecule has 0 bridgehead atoms. The first kappa shape index (κ1) is 23.2. The molecular weight excluding hydrogens is 394 g/mol. The molecule has 1 aromatic heterocycles. The molecule has 31 heavy (non-hydrogen) atoms. The highest BCUT2D eigenvalue weighted by molar-refractivity contribution is 5.43. The van der Waals surface area contributed by atoms with Crippen LogP contribution < -0.4 is 19.7 Å². The first-order valence-electron chi connectivity index (χ1n) is 10.9. The van der Waals surface area contributed by atoms with Crippen molar-refractivity contribution in [2.45, 2.75) is 31.4 Å². The predicted octanol–water partition coefficient (Wildman–Crippen LogP) is 1.94. The quantitative estimate of drug-likeness (QED) is 0.525. The summed E-state index contributed by atoms with van der Waals surface area (Å²) in [6.07, 6.45) is 7.74. The highest BCUT2D eigenvalue weighted by Gasteiger charge is 2.33. The normalized spacial score (nSPS) is 18.9. The molecule has 2 heterocycles. The molecule has 0 aliphatic carbocycles. The smallest absolute Gasteiger partial charge is 0.161 e. The number of hydrogen-bond acceptors (Lipinski definition) is 8. The fraction of sp³-hybridized carbons (Fsp3) is 0.565. The van der Waals surface area contributed by atoms with Gasteiger partial charge in [0.05, 0.1) is 25.5 Å². The van der Waals surface area contributed by atoms with E-state index in [4.69, 9.17) is 9.47 Å². The predicted molar refractivity (Wildman–Crippen MR) is 122 cm³/mol. The molecule has 2 aromatic rings. The molecule has 0 unspecified atom stereocenters. The van der Waals surface area contributed by atoms with E-state index in [0.717, 1.165) is 55.2 Å². The Morgan fingerprint density at radius 3 is 2.87 bits per heavy atom. The number of nitrogens with one attached hydrogen (secondary N) is 1. The lowest BCUT2D eigenvalue weighted by atomic mass is 9.92. The lowest BCUT2D eigenvalue weighted by Crippen LogP contribution is -2.53. The third kappa shape index (κ3) is 7.05. The molecule has 1 aromatic carbocycles. The molecule has 2 N–H and O–H groups in total. The van der Waals surface area contributed by atoms with Gasteiger partial charge in [-0.2, -0.15) is 0 Å². The van der Waals surface area contributed by atoms with Gasteiger partial charge < -0.3 is 29.7 Å². The Hall–Kier alpha value is -2.42. The number of nitrogens with zero attached hydrogens (tertiary/aromatic N) is 4. The van der Waals surface area contributed by atoms with Crippen molar-refractivity contribution in [1.29, 1.82) is 0 Å². The Bertz CT molecular complexity index is 805. The van der Waals surface area contributed by atoms with Crippen molar-refractivity contribution >= 4 is 5.82 Å². The molecule has 1 saturated heterocycles. The molecule has 170 valence electrons. The summed E-state index contributed by atoms with van der Waals surface area (Å²) in [4.78, 5) is 12.7. The summed E-state index contributed by atoms with van der Waals surface area (Å²) in [6, 6.07) is 5.98. The van der Waals surface area contributed by atoms with Crippen LogP contribution in [-0.2, 0) is 6.54 Å². The highest BCUT2D eigenvalue weighted by atomic mass is 16.5. The van der Waals surface area contributed by atoms with Crippen LogP contribution in [0.3, 0.4) is 0 Å². The van der Waals surface area contributed by atoms with Crippen LogP contribution in [0.5, 0.6) is 11.5 Å². The average Bonchev–Trinajstić information content (AvgIpc) is 2.77. The van der Waals surface area contributed by atoms with E-state index in [9.17, 15) is 5.11 Å². The van der Waals surface area contributed by atoms with Crippen LogP contribution in [0.15, 0.2) is 36.8 Å². The Labute approximate surface area is 185 Å². The number of aromatic nitrogens is 2. The number of rotatable bonds is 11. The fourth-order valence-corrected chi connectivity index (χ4v) is 3.85. The maximum Gasteiger partial charge on any atom is 0.161 e. The van der Waals surface area contributed by atoms with Gasteiger partial charge in [-0.15, -0.1) is 0 Å². The van der Waals surface area contributed by atoms with Crippen molar-refractivity contribution in [1.82, 2.24) is 20.2 Å². The standard InChI is InChI=1S/C23H35N5O3/c1-27(2)11-5-13-31-20-7-6-19(14-21(20)30-3)15-25-17-23(29)8-4-12-28(18-23)22-16-24-9-10-26-22/h6-7,9-10,14,16,25,29H,4-5,8,11-13,15,17-18H2,1-3H3/t23-/m0/s1. The summed E-state index contributed by atoms with van der Waals surface area (Å²) in [5.41, 5.74) is 0.290. The average molecular weight is 430 g/mol. The van der Waals surface area contributed by atoms with Crippen LogP contribution in [0.2, 0.25) is 0 Å². The Balaban J connectivity index is 1.50. The van der Waals surface area contributed by atoms with Crippen LogP contribution in [0.4, 0.5) is 5.82 Å². The van der Waals surface area contributed by atoms with E-state index in [1.807, 2.05) is 18.2 Å². The molecule has 1 fully saturated rings. The van der Waals surface area contributed by atoms with Crippen molar-refractivity contribution in [3.05, 3.63) is 42.4 Å². The number of aliphatic hydroxyl groups is 1. The number of methoxy groups -OCH3 is 1. The van der Waals surface area contributed by atoms with E-state index in [0.29, 0.717) is 26.2 Å². The molecule has 0 amide bonds. The van der Waals surface area contributed by atoms with Crippen molar-refractivity contribution in [3.63, 3.8) is 0 Å². The van der Waals surface area contributed by atoms with Crippen LogP contribution in [0, 0.1) is 0 Å². The van der Waals surface area contributed by atoms with Crippen LogP contribution in [-0.4, -0.2) is 79.6 Å². The molecule has 1 aliphatic heterocycles. The van der Waals surface area contributed by atoms with Crippen molar-refractivity contribution in [3.8, 4) is 11.5 Å². The molecule has 3 rings (SSSR count). The molecule has 0 radical (unpaired) electrons. The first-order chi connectivity index (χ1) is 15.0. The topological polar surface area (TPSA) is 83.0 Å². The zero-order chi connectivity index (χ0) is 22.1. The summed E-state index contributed by atoms with van der Waals surface area (Å²) in [7, 11) is 5.77. The van der Waals surface area contributed by atoms with Crippen LogP contribution in [0.25, 0.3) is 0 Å². The van der Waals surface area contributed by atoms with E-state index in [1.165, 1.54) is 0 Å². The summed E-state index contributed by atoms with van der Waals surface area (Å²) < 4.78 is 11.4. The molecule has 1 atom stereocenters. The molecule has 8 heteroatoms. The molecule has 8 nitrogen and oxygen atoms in total. The maximum absolute atomic E-state index is 11.1. The first-order valence-corrected chi connectivity index (χ1v) is 10.9. The van der Waals surface area contributed by atoms with Gasteiger partial charge in [-0.05, 0) is 51.1 Å². The van der Waals surface area contributed by atoms with E-state index in [2.05, 4.69) is 39.2 Å². The van der Waals surface area contributed by atoms with E-state index >= 15 is 0 Å². The van der Waals surface area contributed by atoms with Crippen LogP contribution >= 0.6 is 0 Å². The maximum atomic E-state index is 11.1. The van der Waals surface area contributed by atoms with Gasteiger partial charge in [-0.3, -0.25) is 4.98 Å². The minimum Gasteiger partial charge on any atom is -0.493 e. The fourth-order valence-electron chi connectivity index (χ4n) is 3.85. The summed E-state index contributed by atoms with van der Waals surface area (Å²) in [5, 5.41) is 14.5. The largest absolute Gasteiger partial charge is 0.493 e. The van der Waals surface area contributed by atoms with Gasteiger partial charge in [0, 0.05) is 45.1 Å². The zero-order valence-corrected chi connectivity index (χ0v) is 18.9. The Morgan fingerprint density at radius 1 is 1.26 bits per heavy atom. The third-order valence-electron chi connectivity index (χ3n) is 5.45. The highest BCUT2D eigenvalue weighted by Crippen LogP contribution is 2.28. The molecule has 1 aliphatic rings. The van der Waals surface area contributed by atoms with E-state index < -0.39 is 5.60 Å². The minimum absolute atomic E-state index is 0.509. The van der Waals surface area contributed by atoms with Crippen molar-refractivity contribution in [2.24, 2.45) is 0 Å². The Kier molecular flexibility index (Phi) is 8.45. The number of piperidine rings is 1. The second-order valence-electron chi connectivity index (χ2n) is 8.41. The monoisotopic (exact) mass is 429 g/mol. The second kappa shape index (κ2) is 11.3. The van der Waals surface area contributed by atoms with Gasteiger partial charge in [0.1, 0.15) is 5.82 Å². The van der Waals surface area contributed by atoms with Gasteiger partial charge in [0.25, 0.3) is 0 Å². The van der Waals surface area contributed by atoms with E-state index in [1.54, 1.807) is 25.7 Å². The lowest BCUT2D eigenvalue weighted by molar-refractivity contribution is 0.0258. The van der Waals surface area contributed by atoms with Gasteiger partial charge in [0.2, 0.25) is 0 Å². The Morgan fingerprint density at radius 2 is 2.13 bits per heavy atom. The summed E-state index contributed by atoms with van der Waals surface area (Å²) in [5.74, 6) is 2.30. The van der Waals surface area contributed by atoms with Crippen molar-refractivity contribution in [2.75, 3.05) is 58.9 Å². The van der Waals surface area contributed by atoms with Gasteiger partial charge in [-0.1, -0.05) is 6.07 Å². The van der Waals surface area contributed by atoms with E-state index in [-0.39, 0.29) is 0 Å². The molecule has 0 spiro atoms. The third-order valence-corrected chi connectivity index (χ3v) is 5.45. The molecule has 0 saturated carbocycles. The van der Waals surface area contributed by atoms with Gasteiger partial charge in [-0.25, -0.2) is 4.98 Å². The number of anilines is 1.